The molecular formula is C24H37NO3. The highest BCUT2D eigenvalue weighted by molar-refractivity contribution is 5.92. The third-order valence-electron chi connectivity index (χ3n) is 4.78. The standard InChI is InChI=1S/C24H37NO3/c1-3-4-5-6-7-8-9-10-11-12-13-22(26)16-19-24(27)25-20-21-14-17-23(28-2)18-15-21/h12-15,17-18H,3-11,16,19-20H2,1-2H3,(H,25,27)/b13-12+. The number of benzene rings is 1. The number of carbonyl (C=O) groups is 2. The minimum Gasteiger partial charge on any atom is -0.497 e. The summed E-state index contributed by atoms with van der Waals surface area (Å²) in [5.74, 6) is 0.722. The highest BCUT2D eigenvalue weighted by Gasteiger charge is 2.05. The van der Waals surface area contributed by atoms with E-state index in [-0.39, 0.29) is 24.5 Å². The van der Waals surface area contributed by atoms with Gasteiger partial charge in [-0.1, -0.05) is 70.1 Å². The van der Waals surface area contributed by atoms with Gasteiger partial charge in [-0.3, -0.25) is 9.59 Å². The van der Waals surface area contributed by atoms with E-state index in [2.05, 4.69) is 12.2 Å². The molecule has 1 amide bonds. The maximum Gasteiger partial charge on any atom is 0.220 e. The lowest BCUT2D eigenvalue weighted by atomic mass is 10.1. The van der Waals surface area contributed by atoms with Gasteiger partial charge in [-0.05, 0) is 36.6 Å². The lowest BCUT2D eigenvalue weighted by Crippen LogP contribution is -2.23. The lowest BCUT2D eigenvalue weighted by Gasteiger charge is -2.05. The molecule has 0 unspecified atom stereocenters. The van der Waals surface area contributed by atoms with E-state index in [0.717, 1.165) is 24.2 Å². The first kappa shape index (κ1) is 23.9. The van der Waals surface area contributed by atoms with Gasteiger partial charge in [-0.25, -0.2) is 0 Å². The van der Waals surface area contributed by atoms with E-state index in [1.807, 2.05) is 30.3 Å². The molecule has 0 fully saturated rings. The first-order chi connectivity index (χ1) is 13.7. The van der Waals surface area contributed by atoms with Crippen molar-refractivity contribution >= 4 is 11.7 Å². The maximum atomic E-state index is 11.9. The zero-order valence-electron chi connectivity index (χ0n) is 17.7. The molecule has 0 aliphatic rings. The van der Waals surface area contributed by atoms with Crippen LogP contribution in [0.15, 0.2) is 36.4 Å². The van der Waals surface area contributed by atoms with E-state index in [9.17, 15) is 9.59 Å². The Balaban J connectivity index is 2.03. The number of rotatable bonds is 16. The monoisotopic (exact) mass is 387 g/mol. The Hall–Kier alpha value is -2.10. The zero-order valence-corrected chi connectivity index (χ0v) is 17.7. The van der Waals surface area contributed by atoms with Crippen LogP contribution < -0.4 is 10.1 Å². The van der Waals surface area contributed by atoms with Crippen molar-refractivity contribution in [3.63, 3.8) is 0 Å². The van der Waals surface area contributed by atoms with Crippen LogP contribution in [0.1, 0.15) is 83.1 Å². The molecule has 1 rings (SSSR count). The van der Waals surface area contributed by atoms with Crippen molar-refractivity contribution in [2.45, 2.75) is 84.1 Å². The van der Waals surface area contributed by atoms with Crippen LogP contribution >= 0.6 is 0 Å². The second-order valence-corrected chi connectivity index (χ2v) is 7.26. The first-order valence-corrected chi connectivity index (χ1v) is 10.7. The van der Waals surface area contributed by atoms with Gasteiger partial charge >= 0.3 is 0 Å². The fourth-order valence-corrected chi connectivity index (χ4v) is 2.96. The van der Waals surface area contributed by atoms with E-state index in [1.54, 1.807) is 13.2 Å². The largest absolute Gasteiger partial charge is 0.497 e. The van der Waals surface area contributed by atoms with Crippen molar-refractivity contribution in [3.05, 3.63) is 42.0 Å². The van der Waals surface area contributed by atoms with Gasteiger partial charge in [0, 0.05) is 19.4 Å². The minimum atomic E-state index is -0.0966. The van der Waals surface area contributed by atoms with Crippen molar-refractivity contribution in [2.75, 3.05) is 7.11 Å². The molecule has 28 heavy (non-hydrogen) atoms. The summed E-state index contributed by atoms with van der Waals surface area (Å²) in [6.07, 6.45) is 15.4. The number of ether oxygens (including phenoxy) is 1. The predicted octanol–water partition coefficient (Wildman–Crippen LogP) is 5.75. The molecule has 0 radical (unpaired) electrons. The summed E-state index contributed by atoms with van der Waals surface area (Å²) in [5, 5.41) is 2.84. The number of methoxy groups -OCH3 is 1. The number of hydrogen-bond donors (Lipinski definition) is 1. The van der Waals surface area contributed by atoms with Crippen molar-refractivity contribution < 1.29 is 14.3 Å². The molecule has 0 bridgehead atoms. The number of nitrogens with one attached hydrogen (secondary N) is 1. The van der Waals surface area contributed by atoms with Gasteiger partial charge < -0.3 is 10.1 Å². The maximum absolute atomic E-state index is 11.9. The highest BCUT2D eigenvalue weighted by atomic mass is 16.5. The molecule has 0 aliphatic heterocycles. The van der Waals surface area contributed by atoms with E-state index in [0.29, 0.717) is 6.54 Å². The Labute approximate surface area is 170 Å². The van der Waals surface area contributed by atoms with Gasteiger partial charge in [0.25, 0.3) is 0 Å². The number of carbonyl (C=O) groups excluding carboxylic acids is 2. The molecule has 0 saturated carbocycles. The highest BCUT2D eigenvalue weighted by Crippen LogP contribution is 2.11. The number of allylic oxidation sites excluding steroid dienone is 2. The Bertz CT molecular complexity index is 578. The molecular weight excluding hydrogens is 350 g/mol. The van der Waals surface area contributed by atoms with Crippen LogP contribution in [0.25, 0.3) is 0 Å². The molecule has 0 heterocycles. The van der Waals surface area contributed by atoms with E-state index in [4.69, 9.17) is 4.74 Å². The molecule has 1 aromatic carbocycles. The second-order valence-electron chi connectivity index (χ2n) is 7.26. The quantitative estimate of drug-likeness (QED) is 0.290. The summed E-state index contributed by atoms with van der Waals surface area (Å²) < 4.78 is 5.11. The average Bonchev–Trinajstić information content (AvgIpc) is 2.72. The van der Waals surface area contributed by atoms with Crippen molar-refractivity contribution in [2.24, 2.45) is 0 Å². The molecule has 1 N–H and O–H groups in total. The van der Waals surface area contributed by atoms with E-state index in [1.165, 1.54) is 44.9 Å². The van der Waals surface area contributed by atoms with Gasteiger partial charge in [-0.15, -0.1) is 0 Å². The van der Waals surface area contributed by atoms with Crippen LogP contribution in [0.2, 0.25) is 0 Å². The zero-order chi connectivity index (χ0) is 20.5. The number of unbranched alkanes of at least 4 members (excludes halogenated alkanes) is 8. The molecule has 0 aliphatic carbocycles. The summed E-state index contributed by atoms with van der Waals surface area (Å²) in [6.45, 7) is 2.70. The summed E-state index contributed by atoms with van der Waals surface area (Å²) in [5.41, 5.74) is 1.01. The molecule has 0 aromatic heterocycles. The Morgan fingerprint density at radius 2 is 1.57 bits per heavy atom. The van der Waals surface area contributed by atoms with Crippen molar-refractivity contribution in [1.29, 1.82) is 0 Å². The Kier molecular flexibility index (Phi) is 13.6. The lowest BCUT2D eigenvalue weighted by molar-refractivity contribution is -0.124. The molecule has 4 heteroatoms. The van der Waals surface area contributed by atoms with Crippen LogP contribution in [0.5, 0.6) is 5.75 Å². The predicted molar refractivity (Wildman–Crippen MR) is 115 cm³/mol. The van der Waals surface area contributed by atoms with Crippen LogP contribution in [0, 0.1) is 0 Å². The third kappa shape index (κ3) is 12.3. The Morgan fingerprint density at radius 3 is 2.21 bits per heavy atom. The van der Waals surface area contributed by atoms with Gasteiger partial charge in [0.15, 0.2) is 5.78 Å². The number of ketones is 1. The van der Waals surface area contributed by atoms with Gasteiger partial charge in [0.1, 0.15) is 5.75 Å². The van der Waals surface area contributed by atoms with Crippen LogP contribution in [-0.2, 0) is 16.1 Å². The van der Waals surface area contributed by atoms with Crippen LogP contribution in [0.3, 0.4) is 0 Å². The Morgan fingerprint density at radius 1 is 0.929 bits per heavy atom. The van der Waals surface area contributed by atoms with Crippen LogP contribution in [-0.4, -0.2) is 18.8 Å². The normalized spacial score (nSPS) is 10.9. The topological polar surface area (TPSA) is 55.4 Å². The van der Waals surface area contributed by atoms with Gasteiger partial charge in [-0.2, -0.15) is 0 Å². The van der Waals surface area contributed by atoms with Crippen LogP contribution in [0.4, 0.5) is 0 Å². The molecule has 0 spiro atoms. The SMILES string of the molecule is CCCCCCCCCC/C=C/C(=O)CCC(=O)NCc1ccc(OC)cc1. The van der Waals surface area contributed by atoms with Gasteiger partial charge in [0.2, 0.25) is 5.91 Å². The fourth-order valence-electron chi connectivity index (χ4n) is 2.96. The summed E-state index contributed by atoms with van der Waals surface area (Å²) in [6, 6.07) is 7.56. The average molecular weight is 388 g/mol. The van der Waals surface area contributed by atoms with Crippen molar-refractivity contribution in [1.82, 2.24) is 5.32 Å². The molecule has 1 aromatic rings. The second kappa shape index (κ2) is 15.9. The van der Waals surface area contributed by atoms with E-state index >= 15 is 0 Å². The molecule has 4 nitrogen and oxygen atoms in total. The van der Waals surface area contributed by atoms with E-state index < -0.39 is 0 Å². The minimum absolute atomic E-state index is 0.0270. The number of hydrogen-bond acceptors (Lipinski definition) is 3. The molecule has 0 atom stereocenters. The smallest absolute Gasteiger partial charge is 0.220 e. The summed E-state index contributed by atoms with van der Waals surface area (Å²) in [4.78, 5) is 23.7. The molecule has 0 saturated heterocycles. The summed E-state index contributed by atoms with van der Waals surface area (Å²) in [7, 11) is 1.62. The van der Waals surface area contributed by atoms with Crippen molar-refractivity contribution in [3.8, 4) is 5.75 Å². The first-order valence-electron chi connectivity index (χ1n) is 10.7. The number of amides is 1. The summed E-state index contributed by atoms with van der Waals surface area (Å²) >= 11 is 0. The molecule has 156 valence electrons. The van der Waals surface area contributed by atoms with Gasteiger partial charge in [0.05, 0.1) is 7.11 Å². The fraction of sp³-hybridized carbons (Fsp3) is 0.583. The third-order valence-corrected chi connectivity index (χ3v) is 4.78.